The minimum absolute atomic E-state index is 0.555. The van der Waals surface area contributed by atoms with Crippen LogP contribution in [0.15, 0.2) is 0 Å². The van der Waals surface area contributed by atoms with Crippen LogP contribution in [0.2, 0.25) is 0 Å². The van der Waals surface area contributed by atoms with Crippen LogP contribution in [0, 0.1) is 5.41 Å². The van der Waals surface area contributed by atoms with Gasteiger partial charge in [0.1, 0.15) is 0 Å². The average Bonchev–Trinajstić information content (AvgIpc) is 3.39. The van der Waals surface area contributed by atoms with E-state index in [1.807, 2.05) is 0 Å². The molecule has 4 unspecified atom stereocenters. The lowest BCUT2D eigenvalue weighted by atomic mass is 9.63. The van der Waals surface area contributed by atoms with E-state index in [0.717, 1.165) is 51.4 Å². The van der Waals surface area contributed by atoms with Gasteiger partial charge in [0.2, 0.25) is 0 Å². The van der Waals surface area contributed by atoms with Gasteiger partial charge in [0.15, 0.2) is 0 Å². The second-order valence-electron chi connectivity index (χ2n) is 24.6. The highest BCUT2D eigenvalue weighted by atomic mass is 16.3. The Morgan fingerprint density at radius 2 is 0.260 bits per heavy atom. The lowest BCUT2D eigenvalue weighted by Crippen LogP contribution is -2.60. The molecular weight excluding hydrogens is 893 g/mol. The van der Waals surface area contributed by atoms with Gasteiger partial charge in [-0.25, -0.2) is 0 Å². The molecule has 0 fully saturated rings. The molecule has 0 aliphatic heterocycles. The van der Waals surface area contributed by atoms with E-state index >= 15 is 0 Å². The van der Waals surface area contributed by atoms with Crippen molar-refractivity contribution in [1.82, 2.24) is 0 Å². The number of aliphatic hydroxyl groups excluding tert-OH is 4. The van der Waals surface area contributed by atoms with Crippen LogP contribution in [0.4, 0.5) is 0 Å². The molecule has 0 aromatic carbocycles. The highest BCUT2D eigenvalue weighted by Gasteiger charge is 2.54. The molecule has 0 aromatic rings. The minimum Gasteiger partial charge on any atom is -0.392 e. The fourth-order valence-electron chi connectivity index (χ4n) is 12.5. The summed E-state index contributed by atoms with van der Waals surface area (Å²) in [5, 5.41) is 49.7. The molecule has 4 heteroatoms. The summed E-state index contributed by atoms with van der Waals surface area (Å²) < 4.78 is 0. The van der Waals surface area contributed by atoms with Crippen LogP contribution in [0.25, 0.3) is 0 Å². The summed E-state index contributed by atoms with van der Waals surface area (Å²) in [7, 11) is 0. The van der Waals surface area contributed by atoms with Crippen LogP contribution in [0.3, 0.4) is 0 Å². The third-order valence-corrected chi connectivity index (χ3v) is 17.6. The van der Waals surface area contributed by atoms with Gasteiger partial charge in [-0.2, -0.15) is 0 Å². The van der Waals surface area contributed by atoms with Crippen LogP contribution in [-0.2, 0) is 0 Å². The second-order valence-corrected chi connectivity index (χ2v) is 24.6. The van der Waals surface area contributed by atoms with E-state index in [0.29, 0.717) is 25.7 Å². The molecule has 0 saturated carbocycles. The lowest BCUT2D eigenvalue weighted by molar-refractivity contribution is -0.201. The van der Waals surface area contributed by atoms with Gasteiger partial charge >= 0.3 is 0 Å². The molecule has 4 atom stereocenters. The Morgan fingerprint density at radius 3 is 0.370 bits per heavy atom. The number of hydrogen-bond donors (Lipinski definition) is 4. The van der Waals surface area contributed by atoms with Crippen molar-refractivity contribution in [2.75, 3.05) is 0 Å². The van der Waals surface area contributed by atoms with Gasteiger partial charge in [0.25, 0.3) is 0 Å². The minimum atomic E-state index is -1.29. The predicted molar refractivity (Wildman–Crippen MR) is 326 cm³/mol. The van der Waals surface area contributed by atoms with Gasteiger partial charge in [-0.3, -0.25) is 0 Å². The van der Waals surface area contributed by atoms with Gasteiger partial charge in [-0.15, -0.1) is 0 Å². The van der Waals surface area contributed by atoms with Crippen molar-refractivity contribution in [2.24, 2.45) is 5.41 Å². The molecular formula is C69H140O4. The first-order valence-electron chi connectivity index (χ1n) is 34.6. The van der Waals surface area contributed by atoms with Crippen molar-refractivity contribution in [3.05, 3.63) is 0 Å². The monoisotopic (exact) mass is 1030 g/mol. The number of aliphatic hydroxyl groups is 4. The molecule has 0 bridgehead atoms. The SMILES string of the molecule is CCCCCCCCCCCCCCCCC(O)C(C(O)CCCCCCCCCCCCCCCC)(C(O)CCCCCCCCCCCCCCCC)C(O)CCCCCCCCCCCCCCCC. The fraction of sp³-hybridized carbons (Fsp3) is 1.00. The first-order chi connectivity index (χ1) is 35.9. The van der Waals surface area contributed by atoms with Crippen LogP contribution in [-0.4, -0.2) is 44.8 Å². The third-order valence-electron chi connectivity index (χ3n) is 17.6. The van der Waals surface area contributed by atoms with Crippen LogP contribution >= 0.6 is 0 Å². The highest BCUT2D eigenvalue weighted by Crippen LogP contribution is 2.43. The molecule has 4 nitrogen and oxygen atoms in total. The molecule has 440 valence electrons. The first-order valence-corrected chi connectivity index (χ1v) is 34.6. The second kappa shape index (κ2) is 59.5. The van der Waals surface area contributed by atoms with Gasteiger partial charge in [-0.05, 0) is 25.7 Å². The lowest BCUT2D eigenvalue weighted by Gasteiger charge is -2.49. The van der Waals surface area contributed by atoms with Crippen molar-refractivity contribution >= 4 is 0 Å². The Bertz CT molecular complexity index is 843. The Balaban J connectivity index is 5.48. The maximum absolute atomic E-state index is 12.4. The Hall–Kier alpha value is -0.160. The molecule has 0 radical (unpaired) electrons. The molecule has 0 aliphatic rings. The zero-order chi connectivity index (χ0) is 53.2. The molecule has 0 aliphatic carbocycles. The number of hydrogen-bond acceptors (Lipinski definition) is 4. The van der Waals surface area contributed by atoms with E-state index in [4.69, 9.17) is 0 Å². The quantitative estimate of drug-likeness (QED) is 0.0458. The summed E-state index contributed by atoms with van der Waals surface area (Å²) in [5.74, 6) is 0. The summed E-state index contributed by atoms with van der Waals surface area (Å²) in [6, 6.07) is 0. The zero-order valence-corrected chi connectivity index (χ0v) is 51.0. The molecule has 4 N–H and O–H groups in total. The predicted octanol–water partition coefficient (Wildman–Crippen LogP) is 22.9. The molecule has 73 heavy (non-hydrogen) atoms. The van der Waals surface area contributed by atoms with Crippen molar-refractivity contribution in [1.29, 1.82) is 0 Å². The zero-order valence-electron chi connectivity index (χ0n) is 51.0. The molecule has 0 aromatic heterocycles. The molecule has 0 saturated heterocycles. The fourth-order valence-corrected chi connectivity index (χ4v) is 12.5. The molecule has 0 rings (SSSR count). The Labute approximate surface area is 461 Å². The standard InChI is InChI=1S/C69H140O4/c1-5-9-13-17-21-25-29-33-37-41-45-49-53-57-61-65(70)69(66(71)62-58-54-50-46-42-38-34-30-26-22-18-14-10-6-2,67(72)63-59-55-51-47-43-39-35-31-27-23-19-15-11-7-3)68(73)64-60-56-52-48-44-40-36-32-28-24-20-16-12-8-4/h65-68,70-73H,5-64H2,1-4H3. The van der Waals surface area contributed by atoms with Crippen molar-refractivity contribution in [2.45, 2.75) is 437 Å². The Kier molecular flexibility index (Phi) is 59.4. The number of unbranched alkanes of at least 4 members (excludes halogenated alkanes) is 52. The molecule has 0 spiro atoms. The van der Waals surface area contributed by atoms with Gasteiger partial charge in [0, 0.05) is 0 Å². The summed E-state index contributed by atoms with van der Waals surface area (Å²) in [6.45, 7) is 9.17. The van der Waals surface area contributed by atoms with E-state index in [1.54, 1.807) is 0 Å². The van der Waals surface area contributed by atoms with Gasteiger partial charge in [0.05, 0.1) is 29.8 Å². The number of rotatable bonds is 64. The van der Waals surface area contributed by atoms with Gasteiger partial charge in [-0.1, -0.05) is 387 Å². The third kappa shape index (κ3) is 45.4. The smallest absolute Gasteiger partial charge is 0.0739 e. The van der Waals surface area contributed by atoms with Crippen molar-refractivity contribution in [3.8, 4) is 0 Å². The molecule has 0 heterocycles. The maximum Gasteiger partial charge on any atom is 0.0739 e. The highest BCUT2D eigenvalue weighted by molar-refractivity contribution is 5.03. The van der Waals surface area contributed by atoms with Crippen molar-refractivity contribution in [3.63, 3.8) is 0 Å². The van der Waals surface area contributed by atoms with Crippen LogP contribution in [0.5, 0.6) is 0 Å². The summed E-state index contributed by atoms with van der Waals surface area (Å²) >= 11 is 0. The van der Waals surface area contributed by atoms with E-state index in [-0.39, 0.29) is 0 Å². The average molecular weight is 1030 g/mol. The van der Waals surface area contributed by atoms with Crippen LogP contribution in [0.1, 0.15) is 413 Å². The van der Waals surface area contributed by atoms with Crippen molar-refractivity contribution < 1.29 is 20.4 Å². The van der Waals surface area contributed by atoms with E-state index in [2.05, 4.69) is 27.7 Å². The van der Waals surface area contributed by atoms with E-state index < -0.39 is 29.8 Å². The van der Waals surface area contributed by atoms with E-state index in [9.17, 15) is 20.4 Å². The first kappa shape index (κ1) is 72.8. The largest absolute Gasteiger partial charge is 0.392 e. The summed E-state index contributed by atoms with van der Waals surface area (Å²) in [5.41, 5.74) is -1.29. The molecule has 0 amide bonds. The van der Waals surface area contributed by atoms with E-state index in [1.165, 1.54) is 308 Å². The van der Waals surface area contributed by atoms with Crippen LogP contribution < -0.4 is 0 Å². The normalized spacial score (nSPS) is 14.5. The van der Waals surface area contributed by atoms with Gasteiger partial charge < -0.3 is 20.4 Å². The topological polar surface area (TPSA) is 80.9 Å². The maximum atomic E-state index is 12.4. The summed E-state index contributed by atoms with van der Waals surface area (Å²) in [4.78, 5) is 0. The summed E-state index contributed by atoms with van der Waals surface area (Å²) in [6.07, 6.45) is 71.0. The Morgan fingerprint density at radius 1 is 0.164 bits per heavy atom.